The summed E-state index contributed by atoms with van der Waals surface area (Å²) in [4.78, 5) is 10.7. The lowest BCUT2D eigenvalue weighted by Gasteiger charge is -2.07. The summed E-state index contributed by atoms with van der Waals surface area (Å²) < 4.78 is 0. The largest absolute Gasteiger partial charge is 0.480 e. The van der Waals surface area contributed by atoms with Crippen LogP contribution in [0.4, 0.5) is 0 Å². The SMILES string of the molecule is O=C(O)[C@H]1C[C@@H](SCc2ccccc2)CN1. The summed E-state index contributed by atoms with van der Waals surface area (Å²) in [5, 5.41) is 12.3. The van der Waals surface area contributed by atoms with Crippen molar-refractivity contribution in [1.82, 2.24) is 5.32 Å². The topological polar surface area (TPSA) is 49.3 Å². The molecule has 86 valence electrons. The Hall–Kier alpha value is -1.00. The highest BCUT2D eigenvalue weighted by molar-refractivity contribution is 7.99. The maximum atomic E-state index is 10.7. The molecule has 2 atom stereocenters. The van der Waals surface area contributed by atoms with E-state index in [1.54, 1.807) is 0 Å². The van der Waals surface area contributed by atoms with Crippen molar-refractivity contribution in [2.24, 2.45) is 0 Å². The highest BCUT2D eigenvalue weighted by Gasteiger charge is 2.29. The van der Waals surface area contributed by atoms with Crippen molar-refractivity contribution in [1.29, 1.82) is 0 Å². The summed E-state index contributed by atoms with van der Waals surface area (Å²) in [6.07, 6.45) is 0.729. The fraction of sp³-hybridized carbons (Fsp3) is 0.417. The number of carboxylic acid groups (broad SMARTS) is 1. The predicted octanol–water partition coefficient (Wildman–Crippen LogP) is 1.73. The van der Waals surface area contributed by atoms with Crippen LogP contribution in [0.25, 0.3) is 0 Å². The lowest BCUT2D eigenvalue weighted by atomic mass is 10.2. The monoisotopic (exact) mass is 237 g/mol. The molecule has 0 bridgehead atoms. The van der Waals surface area contributed by atoms with Gasteiger partial charge < -0.3 is 10.4 Å². The summed E-state index contributed by atoms with van der Waals surface area (Å²) in [6, 6.07) is 9.92. The summed E-state index contributed by atoms with van der Waals surface area (Å²) >= 11 is 1.83. The van der Waals surface area contributed by atoms with Crippen molar-refractivity contribution in [3.63, 3.8) is 0 Å². The van der Waals surface area contributed by atoms with Gasteiger partial charge in [-0.15, -0.1) is 0 Å². The highest BCUT2D eigenvalue weighted by Crippen LogP contribution is 2.24. The van der Waals surface area contributed by atoms with Crippen LogP contribution in [0.15, 0.2) is 30.3 Å². The van der Waals surface area contributed by atoms with Crippen LogP contribution in [0.2, 0.25) is 0 Å². The maximum Gasteiger partial charge on any atom is 0.320 e. The van der Waals surface area contributed by atoms with E-state index in [0.717, 1.165) is 18.7 Å². The first kappa shape index (κ1) is 11.5. The van der Waals surface area contributed by atoms with E-state index in [0.29, 0.717) is 5.25 Å². The van der Waals surface area contributed by atoms with Gasteiger partial charge in [-0.1, -0.05) is 30.3 Å². The standard InChI is InChI=1S/C12H15NO2S/c14-12(15)11-6-10(7-13-11)16-8-9-4-2-1-3-5-9/h1-5,10-11,13H,6-8H2,(H,14,15)/t10-,11-/m1/s1. The van der Waals surface area contributed by atoms with Crippen LogP contribution in [0, 0.1) is 0 Å². The van der Waals surface area contributed by atoms with E-state index in [9.17, 15) is 4.79 Å². The number of thioether (sulfide) groups is 1. The van der Waals surface area contributed by atoms with Gasteiger partial charge in [0, 0.05) is 17.5 Å². The van der Waals surface area contributed by atoms with Crippen LogP contribution in [-0.2, 0) is 10.5 Å². The van der Waals surface area contributed by atoms with Crippen molar-refractivity contribution < 1.29 is 9.90 Å². The fourth-order valence-corrected chi connectivity index (χ4v) is 2.97. The first-order valence-corrected chi connectivity index (χ1v) is 6.42. The highest BCUT2D eigenvalue weighted by atomic mass is 32.2. The number of rotatable bonds is 4. The third kappa shape index (κ3) is 3.00. The Morgan fingerprint density at radius 3 is 2.81 bits per heavy atom. The molecule has 0 unspecified atom stereocenters. The zero-order valence-corrected chi connectivity index (χ0v) is 9.74. The molecule has 1 aliphatic rings. The quantitative estimate of drug-likeness (QED) is 0.837. The molecule has 0 aliphatic carbocycles. The molecule has 0 spiro atoms. The Kier molecular flexibility index (Phi) is 3.85. The van der Waals surface area contributed by atoms with Gasteiger partial charge in [0.15, 0.2) is 0 Å². The number of benzene rings is 1. The molecule has 0 aromatic heterocycles. The van der Waals surface area contributed by atoms with Gasteiger partial charge in [0.2, 0.25) is 0 Å². The van der Waals surface area contributed by atoms with Crippen LogP contribution >= 0.6 is 11.8 Å². The summed E-state index contributed by atoms with van der Waals surface area (Å²) in [5.74, 6) is 0.224. The average molecular weight is 237 g/mol. The molecule has 0 saturated carbocycles. The molecule has 1 heterocycles. The van der Waals surface area contributed by atoms with Gasteiger partial charge in [-0.05, 0) is 12.0 Å². The molecule has 16 heavy (non-hydrogen) atoms. The number of aliphatic carboxylic acids is 1. The van der Waals surface area contributed by atoms with Gasteiger partial charge in [-0.25, -0.2) is 0 Å². The van der Waals surface area contributed by atoms with Gasteiger partial charge in [-0.3, -0.25) is 4.79 Å². The molecule has 1 aromatic carbocycles. The summed E-state index contributed by atoms with van der Waals surface area (Å²) in [7, 11) is 0. The van der Waals surface area contributed by atoms with E-state index in [-0.39, 0.29) is 6.04 Å². The van der Waals surface area contributed by atoms with Gasteiger partial charge in [0.05, 0.1) is 0 Å². The van der Waals surface area contributed by atoms with Crippen LogP contribution in [0.5, 0.6) is 0 Å². The molecule has 1 aromatic rings. The van der Waals surface area contributed by atoms with E-state index in [1.807, 2.05) is 30.0 Å². The first-order valence-electron chi connectivity index (χ1n) is 5.37. The van der Waals surface area contributed by atoms with Crippen LogP contribution in [0.3, 0.4) is 0 Å². The molecule has 3 nitrogen and oxygen atoms in total. The normalized spacial score (nSPS) is 24.5. The molecular weight excluding hydrogens is 222 g/mol. The van der Waals surface area contributed by atoms with E-state index >= 15 is 0 Å². The number of carbonyl (C=O) groups is 1. The number of carboxylic acids is 1. The molecule has 1 saturated heterocycles. The van der Waals surface area contributed by atoms with Crippen molar-refractivity contribution in [2.75, 3.05) is 6.54 Å². The van der Waals surface area contributed by atoms with Crippen LogP contribution < -0.4 is 5.32 Å². The Morgan fingerprint density at radius 2 is 2.19 bits per heavy atom. The zero-order chi connectivity index (χ0) is 11.4. The van der Waals surface area contributed by atoms with Crippen LogP contribution in [0.1, 0.15) is 12.0 Å². The minimum Gasteiger partial charge on any atom is -0.480 e. The second-order valence-electron chi connectivity index (χ2n) is 3.95. The van der Waals surface area contributed by atoms with Gasteiger partial charge in [0.1, 0.15) is 6.04 Å². The maximum absolute atomic E-state index is 10.7. The minimum atomic E-state index is -0.734. The van der Waals surface area contributed by atoms with Crippen molar-refractivity contribution in [3.05, 3.63) is 35.9 Å². The van der Waals surface area contributed by atoms with E-state index in [1.165, 1.54) is 5.56 Å². The molecule has 1 aliphatic heterocycles. The fourth-order valence-electron chi connectivity index (χ4n) is 1.81. The van der Waals surface area contributed by atoms with Crippen molar-refractivity contribution >= 4 is 17.7 Å². The second kappa shape index (κ2) is 5.37. The van der Waals surface area contributed by atoms with Crippen LogP contribution in [-0.4, -0.2) is 28.9 Å². The number of nitrogens with one attached hydrogen (secondary N) is 1. The Labute approximate surface area is 99.2 Å². The summed E-state index contributed by atoms with van der Waals surface area (Å²) in [5.41, 5.74) is 1.30. The number of hydrogen-bond donors (Lipinski definition) is 2. The average Bonchev–Trinajstić information content (AvgIpc) is 2.76. The Bertz CT molecular complexity index is 355. The van der Waals surface area contributed by atoms with Crippen molar-refractivity contribution in [3.8, 4) is 0 Å². The molecule has 0 radical (unpaired) electrons. The van der Waals surface area contributed by atoms with Gasteiger partial charge in [-0.2, -0.15) is 11.8 Å². The Morgan fingerprint density at radius 1 is 1.44 bits per heavy atom. The van der Waals surface area contributed by atoms with Gasteiger partial charge >= 0.3 is 5.97 Å². The zero-order valence-electron chi connectivity index (χ0n) is 8.93. The Balaban J connectivity index is 1.78. The second-order valence-corrected chi connectivity index (χ2v) is 5.24. The first-order chi connectivity index (χ1) is 7.75. The van der Waals surface area contributed by atoms with Crippen molar-refractivity contribution in [2.45, 2.75) is 23.5 Å². The third-order valence-corrected chi connectivity index (χ3v) is 4.05. The smallest absolute Gasteiger partial charge is 0.320 e. The van der Waals surface area contributed by atoms with E-state index in [4.69, 9.17) is 5.11 Å². The number of hydrogen-bond acceptors (Lipinski definition) is 3. The van der Waals surface area contributed by atoms with Gasteiger partial charge in [0.25, 0.3) is 0 Å². The molecule has 0 amide bonds. The predicted molar refractivity (Wildman–Crippen MR) is 65.6 cm³/mol. The van der Waals surface area contributed by atoms with E-state index in [2.05, 4.69) is 17.4 Å². The summed E-state index contributed by atoms with van der Waals surface area (Å²) in [6.45, 7) is 0.800. The molecule has 2 N–H and O–H groups in total. The lowest BCUT2D eigenvalue weighted by Crippen LogP contribution is -2.29. The molecule has 2 rings (SSSR count). The molecule has 1 fully saturated rings. The molecule has 4 heteroatoms. The third-order valence-electron chi connectivity index (χ3n) is 2.72. The molecular formula is C12H15NO2S. The lowest BCUT2D eigenvalue weighted by molar-refractivity contribution is -0.139. The minimum absolute atomic E-state index is 0.353. The van der Waals surface area contributed by atoms with E-state index < -0.39 is 5.97 Å².